The summed E-state index contributed by atoms with van der Waals surface area (Å²) in [6.07, 6.45) is 0. The van der Waals surface area contributed by atoms with Crippen molar-refractivity contribution >= 4 is 16.7 Å². The zero-order valence-electron chi connectivity index (χ0n) is 10.7. The van der Waals surface area contributed by atoms with Crippen LogP contribution in [0.2, 0.25) is 0 Å². The number of nitrogen functional groups attached to an aromatic ring is 1. The lowest BCUT2D eigenvalue weighted by Crippen LogP contribution is -2.19. The van der Waals surface area contributed by atoms with Gasteiger partial charge in [0.15, 0.2) is 5.82 Å². The van der Waals surface area contributed by atoms with E-state index in [9.17, 15) is 9.18 Å². The lowest BCUT2D eigenvalue weighted by molar-refractivity contribution is 0.632. The average Bonchev–Trinajstić information content (AvgIpc) is 2.45. The number of benzene rings is 1. The molecule has 0 amide bonds. The quantitative estimate of drug-likeness (QED) is 0.730. The second-order valence-electron chi connectivity index (χ2n) is 4.41. The second kappa shape index (κ2) is 4.41. The first-order valence-electron chi connectivity index (χ1n) is 5.96. The highest BCUT2D eigenvalue weighted by molar-refractivity contribution is 5.97. The molecule has 2 heterocycles. The van der Waals surface area contributed by atoms with E-state index in [-0.39, 0.29) is 16.7 Å². The van der Waals surface area contributed by atoms with Gasteiger partial charge in [0, 0.05) is 18.7 Å². The summed E-state index contributed by atoms with van der Waals surface area (Å²) >= 11 is 0. The fourth-order valence-electron chi connectivity index (χ4n) is 2.19. The van der Waals surface area contributed by atoms with Crippen LogP contribution in [-0.4, -0.2) is 14.8 Å². The van der Waals surface area contributed by atoms with Crippen molar-refractivity contribution < 1.29 is 4.39 Å². The number of nitrogens with two attached hydrogens (primary N) is 1. The molecule has 0 aliphatic carbocycles. The Labute approximate surface area is 113 Å². The molecule has 3 rings (SSSR count). The van der Waals surface area contributed by atoms with Crippen molar-refractivity contribution in [3.05, 3.63) is 52.6 Å². The number of anilines is 1. The molecule has 2 N–H and O–H groups in total. The molecule has 0 fully saturated rings. The third kappa shape index (κ3) is 1.73. The number of fused-ring (bicyclic) bond motifs is 1. The smallest absolute Gasteiger partial charge is 0.253 e. The van der Waals surface area contributed by atoms with E-state index in [4.69, 9.17) is 5.73 Å². The van der Waals surface area contributed by atoms with E-state index in [0.29, 0.717) is 11.3 Å². The summed E-state index contributed by atoms with van der Waals surface area (Å²) in [5, 5.41) is 8.01. The number of halogens is 1. The Morgan fingerprint density at radius 1 is 1.20 bits per heavy atom. The molecule has 6 heteroatoms. The van der Waals surface area contributed by atoms with E-state index in [0.717, 1.165) is 6.07 Å². The number of nitrogens with zero attached hydrogens (tertiary/aromatic N) is 3. The molecule has 0 bridgehead atoms. The molecule has 0 saturated heterocycles. The molecule has 1 aromatic carbocycles. The van der Waals surface area contributed by atoms with Crippen LogP contribution in [0.3, 0.4) is 0 Å². The van der Waals surface area contributed by atoms with Crippen molar-refractivity contribution in [3.63, 3.8) is 0 Å². The van der Waals surface area contributed by atoms with Gasteiger partial charge in [0.1, 0.15) is 17.0 Å². The van der Waals surface area contributed by atoms with Crippen LogP contribution in [0.25, 0.3) is 22.2 Å². The fraction of sp³-hybridized carbons (Fsp3) is 0.0714. The Kier molecular flexibility index (Phi) is 2.71. The molecule has 2 aromatic heterocycles. The molecule has 0 spiro atoms. The summed E-state index contributed by atoms with van der Waals surface area (Å²) in [4.78, 5) is 11.7. The standard InChI is InChI=1S/C14H11FN4O/c1-19-10(20)7-9(15)11-12(8-5-3-2-4-6-8)17-18-14(16)13(11)19/h2-7H,1H3,(H2,16,18). The molecule has 0 unspecified atom stereocenters. The lowest BCUT2D eigenvalue weighted by Gasteiger charge is -2.10. The van der Waals surface area contributed by atoms with E-state index in [2.05, 4.69) is 10.2 Å². The summed E-state index contributed by atoms with van der Waals surface area (Å²) in [5.41, 5.74) is 6.59. The van der Waals surface area contributed by atoms with E-state index >= 15 is 0 Å². The summed E-state index contributed by atoms with van der Waals surface area (Å²) < 4.78 is 15.5. The Morgan fingerprint density at radius 3 is 2.60 bits per heavy atom. The molecular weight excluding hydrogens is 259 g/mol. The molecular formula is C14H11FN4O. The monoisotopic (exact) mass is 270 g/mol. The first-order valence-corrected chi connectivity index (χ1v) is 5.96. The number of hydrogen-bond donors (Lipinski definition) is 1. The topological polar surface area (TPSA) is 73.8 Å². The van der Waals surface area contributed by atoms with Gasteiger partial charge in [0.25, 0.3) is 5.56 Å². The van der Waals surface area contributed by atoms with Crippen LogP contribution in [0.4, 0.5) is 10.2 Å². The number of aryl methyl sites for hydroxylation is 1. The molecule has 5 nitrogen and oxygen atoms in total. The third-order valence-electron chi connectivity index (χ3n) is 3.18. The highest BCUT2D eigenvalue weighted by Gasteiger charge is 2.16. The third-order valence-corrected chi connectivity index (χ3v) is 3.18. The van der Waals surface area contributed by atoms with Crippen molar-refractivity contribution in [2.75, 3.05) is 5.73 Å². The van der Waals surface area contributed by atoms with Crippen LogP contribution in [0.15, 0.2) is 41.2 Å². The van der Waals surface area contributed by atoms with Crippen LogP contribution >= 0.6 is 0 Å². The van der Waals surface area contributed by atoms with Gasteiger partial charge in [0.05, 0.1) is 5.39 Å². The highest BCUT2D eigenvalue weighted by atomic mass is 19.1. The van der Waals surface area contributed by atoms with Gasteiger partial charge < -0.3 is 10.3 Å². The SMILES string of the molecule is Cn1c(=O)cc(F)c2c(-c3ccccc3)nnc(N)c21. The molecule has 20 heavy (non-hydrogen) atoms. The number of pyridine rings is 1. The minimum absolute atomic E-state index is 0.0266. The van der Waals surface area contributed by atoms with Gasteiger partial charge in [-0.05, 0) is 0 Å². The van der Waals surface area contributed by atoms with Crippen molar-refractivity contribution in [1.29, 1.82) is 0 Å². The van der Waals surface area contributed by atoms with Gasteiger partial charge in [-0.3, -0.25) is 4.79 Å². The van der Waals surface area contributed by atoms with Gasteiger partial charge >= 0.3 is 0 Å². The van der Waals surface area contributed by atoms with Crippen LogP contribution in [0.1, 0.15) is 0 Å². The minimum Gasteiger partial charge on any atom is -0.380 e. The maximum atomic E-state index is 14.2. The molecule has 100 valence electrons. The molecule has 0 saturated carbocycles. The normalized spacial score (nSPS) is 10.9. The average molecular weight is 270 g/mol. The predicted octanol–water partition coefficient (Wildman–Crippen LogP) is 1.72. The second-order valence-corrected chi connectivity index (χ2v) is 4.41. The van der Waals surface area contributed by atoms with Gasteiger partial charge in [0.2, 0.25) is 0 Å². The van der Waals surface area contributed by atoms with Crippen molar-refractivity contribution in [1.82, 2.24) is 14.8 Å². The Morgan fingerprint density at radius 2 is 1.90 bits per heavy atom. The first kappa shape index (κ1) is 12.3. The van der Waals surface area contributed by atoms with Crippen LogP contribution < -0.4 is 11.3 Å². The van der Waals surface area contributed by atoms with E-state index in [1.807, 2.05) is 18.2 Å². The zero-order chi connectivity index (χ0) is 14.3. The van der Waals surface area contributed by atoms with Gasteiger partial charge in [-0.15, -0.1) is 10.2 Å². The van der Waals surface area contributed by atoms with E-state index in [1.54, 1.807) is 12.1 Å². The van der Waals surface area contributed by atoms with Crippen LogP contribution in [0, 0.1) is 5.82 Å². The largest absolute Gasteiger partial charge is 0.380 e. The number of hydrogen-bond acceptors (Lipinski definition) is 4. The number of aromatic nitrogens is 3. The minimum atomic E-state index is -0.649. The summed E-state index contributed by atoms with van der Waals surface area (Å²) in [7, 11) is 1.52. The van der Waals surface area contributed by atoms with Crippen LogP contribution in [-0.2, 0) is 7.05 Å². The van der Waals surface area contributed by atoms with Gasteiger partial charge in [-0.25, -0.2) is 4.39 Å². The summed E-state index contributed by atoms with van der Waals surface area (Å²) in [5.74, 6) is -0.623. The summed E-state index contributed by atoms with van der Waals surface area (Å²) in [6.45, 7) is 0. The number of rotatable bonds is 1. The molecule has 0 radical (unpaired) electrons. The van der Waals surface area contributed by atoms with E-state index in [1.165, 1.54) is 11.6 Å². The molecule has 0 aliphatic heterocycles. The maximum absolute atomic E-state index is 14.2. The van der Waals surface area contributed by atoms with Crippen molar-refractivity contribution in [2.24, 2.45) is 7.05 Å². The fourth-order valence-corrected chi connectivity index (χ4v) is 2.19. The van der Waals surface area contributed by atoms with Crippen molar-refractivity contribution in [3.8, 4) is 11.3 Å². The van der Waals surface area contributed by atoms with Crippen molar-refractivity contribution in [2.45, 2.75) is 0 Å². The van der Waals surface area contributed by atoms with Crippen LogP contribution in [0.5, 0.6) is 0 Å². The van der Waals surface area contributed by atoms with E-state index < -0.39 is 11.4 Å². The Hall–Kier alpha value is -2.76. The molecule has 0 atom stereocenters. The van der Waals surface area contributed by atoms with Gasteiger partial charge in [-0.1, -0.05) is 30.3 Å². The molecule has 3 aromatic rings. The first-order chi connectivity index (χ1) is 9.59. The Bertz CT molecular complexity index is 858. The predicted molar refractivity (Wildman–Crippen MR) is 74.6 cm³/mol. The Balaban J connectivity index is 2.51. The lowest BCUT2D eigenvalue weighted by atomic mass is 10.1. The zero-order valence-corrected chi connectivity index (χ0v) is 10.7. The maximum Gasteiger partial charge on any atom is 0.253 e. The van der Waals surface area contributed by atoms with Gasteiger partial charge in [-0.2, -0.15) is 0 Å². The summed E-state index contributed by atoms with van der Waals surface area (Å²) in [6, 6.07) is 10.0. The highest BCUT2D eigenvalue weighted by Crippen LogP contribution is 2.29. The molecule has 0 aliphatic rings.